The van der Waals surface area contributed by atoms with Crippen LogP contribution in [0.3, 0.4) is 0 Å². The van der Waals surface area contributed by atoms with Crippen molar-refractivity contribution in [3.8, 4) is 0 Å². The first kappa shape index (κ1) is 10.1. The van der Waals surface area contributed by atoms with E-state index in [1.165, 1.54) is 25.0 Å². The van der Waals surface area contributed by atoms with E-state index < -0.39 is 0 Å². The summed E-state index contributed by atoms with van der Waals surface area (Å²) in [5, 5.41) is 0. The lowest BCUT2D eigenvalue weighted by Crippen LogP contribution is -2.43. The molecule has 16 heavy (non-hydrogen) atoms. The Morgan fingerprint density at radius 3 is 2.88 bits per heavy atom. The van der Waals surface area contributed by atoms with Gasteiger partial charge in [0.2, 0.25) is 0 Å². The van der Waals surface area contributed by atoms with Crippen LogP contribution in [-0.4, -0.2) is 24.1 Å². The van der Waals surface area contributed by atoms with E-state index >= 15 is 0 Å². The Balaban J connectivity index is 1.79. The molecule has 86 valence electrons. The largest absolute Gasteiger partial charge is 0.355 e. The first-order valence-electron chi connectivity index (χ1n) is 6.30. The normalized spacial score (nSPS) is 25.8. The lowest BCUT2D eigenvalue weighted by molar-refractivity contribution is 0.503. The van der Waals surface area contributed by atoms with Crippen molar-refractivity contribution in [3.05, 3.63) is 23.9 Å². The summed E-state index contributed by atoms with van der Waals surface area (Å²) < 4.78 is 0. The van der Waals surface area contributed by atoms with E-state index in [2.05, 4.69) is 23.1 Å². The second kappa shape index (κ2) is 4.06. The summed E-state index contributed by atoms with van der Waals surface area (Å²) in [6, 6.07) is 6.73. The number of pyridine rings is 1. The second-order valence-corrected chi connectivity index (χ2v) is 5.04. The zero-order chi connectivity index (χ0) is 11.0. The highest BCUT2D eigenvalue weighted by molar-refractivity contribution is 5.41. The zero-order valence-electron chi connectivity index (χ0n) is 9.60. The summed E-state index contributed by atoms with van der Waals surface area (Å²) in [6.07, 6.45) is 4.97. The van der Waals surface area contributed by atoms with Crippen molar-refractivity contribution in [2.24, 2.45) is 5.73 Å². The predicted molar refractivity (Wildman–Crippen MR) is 65.6 cm³/mol. The average Bonchev–Trinajstić information content (AvgIpc) is 3.13. The molecule has 2 aliphatic rings. The molecule has 0 bridgehead atoms. The number of hydrogen-bond donors (Lipinski definition) is 1. The first-order chi connectivity index (χ1) is 7.83. The van der Waals surface area contributed by atoms with Gasteiger partial charge in [-0.3, -0.25) is 0 Å². The van der Waals surface area contributed by atoms with E-state index in [-0.39, 0.29) is 0 Å². The molecule has 1 unspecified atom stereocenters. The van der Waals surface area contributed by atoms with Crippen molar-refractivity contribution in [1.29, 1.82) is 0 Å². The van der Waals surface area contributed by atoms with Gasteiger partial charge in [0.05, 0.1) is 0 Å². The summed E-state index contributed by atoms with van der Waals surface area (Å²) in [4.78, 5) is 7.10. The number of rotatable bonds is 2. The summed E-state index contributed by atoms with van der Waals surface area (Å²) in [5.74, 6) is 1.86. The van der Waals surface area contributed by atoms with Gasteiger partial charge in [0.25, 0.3) is 0 Å². The third-order valence-electron chi connectivity index (χ3n) is 3.53. The van der Waals surface area contributed by atoms with Crippen molar-refractivity contribution in [2.75, 3.05) is 18.0 Å². The van der Waals surface area contributed by atoms with Gasteiger partial charge < -0.3 is 10.6 Å². The fourth-order valence-electron chi connectivity index (χ4n) is 2.44. The Morgan fingerprint density at radius 2 is 2.12 bits per heavy atom. The van der Waals surface area contributed by atoms with Crippen LogP contribution in [-0.2, 0) is 0 Å². The van der Waals surface area contributed by atoms with Gasteiger partial charge in [0, 0.05) is 30.7 Å². The highest BCUT2D eigenvalue weighted by Gasteiger charge is 2.26. The third kappa shape index (κ3) is 2.05. The van der Waals surface area contributed by atoms with Crippen LogP contribution in [0.5, 0.6) is 0 Å². The second-order valence-electron chi connectivity index (χ2n) is 5.04. The summed E-state index contributed by atoms with van der Waals surface area (Å²) >= 11 is 0. The van der Waals surface area contributed by atoms with Gasteiger partial charge in [0.15, 0.2) is 0 Å². The topological polar surface area (TPSA) is 42.1 Å². The van der Waals surface area contributed by atoms with Crippen molar-refractivity contribution >= 4 is 5.82 Å². The van der Waals surface area contributed by atoms with Gasteiger partial charge in [-0.2, -0.15) is 0 Å². The predicted octanol–water partition coefficient (Wildman–Crippen LogP) is 1.89. The molecule has 0 spiro atoms. The van der Waals surface area contributed by atoms with E-state index in [1.807, 2.05) is 0 Å². The molecule has 2 fully saturated rings. The van der Waals surface area contributed by atoms with Crippen LogP contribution in [0.1, 0.15) is 37.3 Å². The smallest absolute Gasteiger partial charge is 0.128 e. The Bertz CT molecular complexity index is 373. The molecule has 0 radical (unpaired) electrons. The monoisotopic (exact) mass is 217 g/mol. The highest BCUT2D eigenvalue weighted by atomic mass is 15.2. The Hall–Kier alpha value is -1.09. The number of anilines is 1. The van der Waals surface area contributed by atoms with E-state index in [0.717, 1.165) is 31.2 Å². The van der Waals surface area contributed by atoms with Crippen LogP contribution in [0.15, 0.2) is 18.2 Å². The minimum atomic E-state index is 0.320. The van der Waals surface area contributed by atoms with Crippen LogP contribution in [0, 0.1) is 0 Å². The van der Waals surface area contributed by atoms with Crippen LogP contribution >= 0.6 is 0 Å². The van der Waals surface area contributed by atoms with Crippen molar-refractivity contribution in [3.63, 3.8) is 0 Å². The van der Waals surface area contributed by atoms with E-state index in [1.54, 1.807) is 0 Å². The van der Waals surface area contributed by atoms with E-state index in [9.17, 15) is 0 Å². The summed E-state index contributed by atoms with van der Waals surface area (Å²) in [6.45, 7) is 2.07. The lowest BCUT2D eigenvalue weighted by atomic mass is 10.1. The zero-order valence-corrected chi connectivity index (χ0v) is 9.60. The van der Waals surface area contributed by atoms with Crippen molar-refractivity contribution in [2.45, 2.75) is 37.6 Å². The maximum Gasteiger partial charge on any atom is 0.128 e. The molecule has 1 aliphatic carbocycles. The molecular formula is C13H19N3. The fraction of sp³-hybridized carbons (Fsp3) is 0.615. The minimum absolute atomic E-state index is 0.320. The summed E-state index contributed by atoms with van der Waals surface area (Å²) in [5.41, 5.74) is 7.28. The maximum atomic E-state index is 6.00. The molecule has 0 amide bonds. The summed E-state index contributed by atoms with van der Waals surface area (Å²) in [7, 11) is 0. The molecule has 1 saturated heterocycles. The Morgan fingerprint density at radius 1 is 1.25 bits per heavy atom. The van der Waals surface area contributed by atoms with Crippen LogP contribution in [0.2, 0.25) is 0 Å². The quantitative estimate of drug-likeness (QED) is 0.822. The number of hydrogen-bond acceptors (Lipinski definition) is 3. The number of nitrogens with two attached hydrogens (primary N) is 1. The molecule has 1 atom stereocenters. The molecule has 2 N–H and O–H groups in total. The van der Waals surface area contributed by atoms with E-state index in [4.69, 9.17) is 10.7 Å². The third-order valence-corrected chi connectivity index (χ3v) is 3.53. The molecule has 3 heteroatoms. The Labute approximate surface area is 96.7 Å². The van der Waals surface area contributed by atoms with Gasteiger partial charge in [-0.1, -0.05) is 6.07 Å². The standard InChI is InChI=1S/C13H19N3/c14-11-3-2-8-16(9-11)13-5-1-4-12(15-13)10-6-7-10/h1,4-5,10-11H,2-3,6-9,14H2. The first-order valence-corrected chi connectivity index (χ1v) is 6.30. The molecule has 1 aliphatic heterocycles. The number of piperidine rings is 1. The minimum Gasteiger partial charge on any atom is -0.355 e. The molecule has 1 aromatic heterocycles. The number of nitrogens with zero attached hydrogens (tertiary/aromatic N) is 2. The Kier molecular flexibility index (Phi) is 2.56. The SMILES string of the molecule is NC1CCCN(c2cccc(C3CC3)n2)C1. The lowest BCUT2D eigenvalue weighted by Gasteiger charge is -2.31. The van der Waals surface area contributed by atoms with Gasteiger partial charge in [0.1, 0.15) is 5.82 Å². The average molecular weight is 217 g/mol. The molecular weight excluding hydrogens is 198 g/mol. The van der Waals surface area contributed by atoms with Crippen molar-refractivity contribution < 1.29 is 0 Å². The molecule has 3 rings (SSSR count). The van der Waals surface area contributed by atoms with Crippen LogP contribution in [0.4, 0.5) is 5.82 Å². The maximum absolute atomic E-state index is 6.00. The molecule has 0 aromatic carbocycles. The molecule has 1 saturated carbocycles. The molecule has 1 aromatic rings. The van der Waals surface area contributed by atoms with E-state index in [0.29, 0.717) is 6.04 Å². The number of aromatic nitrogens is 1. The molecule has 3 nitrogen and oxygen atoms in total. The van der Waals surface area contributed by atoms with Gasteiger partial charge in [-0.05, 0) is 37.8 Å². The van der Waals surface area contributed by atoms with Crippen LogP contribution < -0.4 is 10.6 Å². The molecule has 2 heterocycles. The van der Waals surface area contributed by atoms with Crippen molar-refractivity contribution in [1.82, 2.24) is 4.98 Å². The highest BCUT2D eigenvalue weighted by Crippen LogP contribution is 2.39. The van der Waals surface area contributed by atoms with Gasteiger partial charge in [-0.25, -0.2) is 4.98 Å². The fourth-order valence-corrected chi connectivity index (χ4v) is 2.44. The van der Waals surface area contributed by atoms with Gasteiger partial charge >= 0.3 is 0 Å². The van der Waals surface area contributed by atoms with Gasteiger partial charge in [-0.15, -0.1) is 0 Å². The van der Waals surface area contributed by atoms with Crippen LogP contribution in [0.25, 0.3) is 0 Å².